The van der Waals surface area contributed by atoms with Crippen LogP contribution in [0.1, 0.15) is 15.9 Å². The number of allylic oxidation sites excluding steroid dienone is 1. The molecular formula is C17H11F2NO2. The summed E-state index contributed by atoms with van der Waals surface area (Å²) < 4.78 is 31.8. The summed E-state index contributed by atoms with van der Waals surface area (Å²) in [4.78, 5) is 12.3. The van der Waals surface area contributed by atoms with E-state index in [9.17, 15) is 13.6 Å². The van der Waals surface area contributed by atoms with Gasteiger partial charge in [-0.25, -0.2) is 8.78 Å². The maximum Gasteiger partial charge on any atom is 0.203 e. The van der Waals surface area contributed by atoms with Crippen molar-refractivity contribution in [3.05, 3.63) is 70.8 Å². The second-order valence-corrected chi connectivity index (χ2v) is 4.37. The highest BCUT2D eigenvalue weighted by Gasteiger charge is 2.14. The van der Waals surface area contributed by atoms with E-state index in [0.717, 1.165) is 12.1 Å². The number of ether oxygens (including phenoxy) is 1. The molecule has 0 aliphatic heterocycles. The molecule has 0 amide bonds. The molecule has 110 valence electrons. The molecule has 0 aromatic heterocycles. The number of methoxy groups -OCH3 is 1. The van der Waals surface area contributed by atoms with Crippen LogP contribution in [0.5, 0.6) is 5.75 Å². The molecule has 22 heavy (non-hydrogen) atoms. The average molecular weight is 299 g/mol. The van der Waals surface area contributed by atoms with Crippen molar-refractivity contribution in [3.8, 4) is 11.8 Å². The highest BCUT2D eigenvalue weighted by Crippen LogP contribution is 2.19. The predicted molar refractivity (Wildman–Crippen MR) is 77.3 cm³/mol. The van der Waals surface area contributed by atoms with Crippen molar-refractivity contribution < 1.29 is 18.3 Å². The zero-order valence-electron chi connectivity index (χ0n) is 11.6. The maximum atomic E-state index is 13.6. The Bertz CT molecular complexity index is 791. The standard InChI is InChI=1S/C17H11F2NO2/c1-22-14-6-2-5-12(9-14)17(21)13(10-20)8-11-4-3-7-15(18)16(11)19/h2-9H,1H3/b13-8-. The lowest BCUT2D eigenvalue weighted by Crippen LogP contribution is -2.03. The lowest BCUT2D eigenvalue weighted by molar-refractivity contribution is 0.103. The predicted octanol–water partition coefficient (Wildman–Crippen LogP) is 3.76. The van der Waals surface area contributed by atoms with Crippen LogP contribution in [0.3, 0.4) is 0 Å². The van der Waals surface area contributed by atoms with Crippen molar-refractivity contribution in [2.45, 2.75) is 0 Å². The van der Waals surface area contributed by atoms with Crippen LogP contribution in [-0.4, -0.2) is 12.9 Å². The van der Waals surface area contributed by atoms with Crippen molar-refractivity contribution in [2.75, 3.05) is 7.11 Å². The summed E-state index contributed by atoms with van der Waals surface area (Å²) in [7, 11) is 1.45. The zero-order chi connectivity index (χ0) is 16.1. The van der Waals surface area contributed by atoms with Crippen molar-refractivity contribution in [1.82, 2.24) is 0 Å². The van der Waals surface area contributed by atoms with E-state index in [1.807, 2.05) is 0 Å². The first-order valence-corrected chi connectivity index (χ1v) is 6.31. The molecule has 0 bridgehead atoms. The molecule has 0 unspecified atom stereocenters. The number of rotatable bonds is 4. The fourth-order valence-corrected chi connectivity index (χ4v) is 1.86. The highest BCUT2D eigenvalue weighted by atomic mass is 19.2. The first-order chi connectivity index (χ1) is 10.6. The summed E-state index contributed by atoms with van der Waals surface area (Å²) >= 11 is 0. The lowest BCUT2D eigenvalue weighted by atomic mass is 10.0. The Kier molecular flexibility index (Phi) is 4.64. The molecule has 0 heterocycles. The molecule has 5 heteroatoms. The van der Waals surface area contributed by atoms with Crippen LogP contribution in [0.2, 0.25) is 0 Å². The van der Waals surface area contributed by atoms with Crippen LogP contribution in [0.4, 0.5) is 8.78 Å². The first-order valence-electron chi connectivity index (χ1n) is 6.31. The minimum Gasteiger partial charge on any atom is -0.497 e. The average Bonchev–Trinajstić information content (AvgIpc) is 2.55. The van der Waals surface area contributed by atoms with E-state index >= 15 is 0 Å². The van der Waals surface area contributed by atoms with Crippen molar-refractivity contribution >= 4 is 11.9 Å². The molecule has 0 saturated heterocycles. The van der Waals surface area contributed by atoms with Gasteiger partial charge < -0.3 is 4.74 Å². The van der Waals surface area contributed by atoms with E-state index < -0.39 is 17.4 Å². The molecule has 0 spiro atoms. The number of ketones is 1. The number of benzene rings is 2. The Hall–Kier alpha value is -3.00. The van der Waals surface area contributed by atoms with Crippen LogP contribution in [0.25, 0.3) is 6.08 Å². The molecule has 2 aromatic carbocycles. The van der Waals surface area contributed by atoms with Crippen LogP contribution in [0, 0.1) is 23.0 Å². The number of carbonyl (C=O) groups excluding carboxylic acids is 1. The number of nitrogens with zero attached hydrogens (tertiary/aromatic N) is 1. The number of nitriles is 1. The van der Waals surface area contributed by atoms with Crippen LogP contribution >= 0.6 is 0 Å². The fraction of sp³-hybridized carbons (Fsp3) is 0.0588. The van der Waals surface area contributed by atoms with Gasteiger partial charge in [0.1, 0.15) is 17.4 Å². The third-order valence-corrected chi connectivity index (χ3v) is 2.98. The number of Topliss-reactive ketones (excluding diaryl/α,β-unsaturated/α-hetero) is 1. The summed E-state index contributed by atoms with van der Waals surface area (Å²) in [5.41, 5.74) is -0.227. The van der Waals surface area contributed by atoms with Crippen molar-refractivity contribution in [3.63, 3.8) is 0 Å². The summed E-state index contributed by atoms with van der Waals surface area (Å²) in [5, 5.41) is 9.12. The molecular weight excluding hydrogens is 288 g/mol. The second-order valence-electron chi connectivity index (χ2n) is 4.37. The van der Waals surface area contributed by atoms with Gasteiger partial charge in [-0.3, -0.25) is 4.79 Å². The molecule has 0 atom stereocenters. The van der Waals surface area contributed by atoms with Gasteiger partial charge in [-0.1, -0.05) is 24.3 Å². The van der Waals surface area contributed by atoms with Gasteiger partial charge in [-0.15, -0.1) is 0 Å². The molecule has 0 fully saturated rings. The van der Waals surface area contributed by atoms with Crippen LogP contribution in [0.15, 0.2) is 48.0 Å². The molecule has 0 radical (unpaired) electrons. The Balaban J connectivity index is 2.43. The van der Waals surface area contributed by atoms with Crippen LogP contribution < -0.4 is 4.74 Å². The van der Waals surface area contributed by atoms with Gasteiger partial charge in [0.2, 0.25) is 5.78 Å². The molecule has 0 aliphatic carbocycles. The van der Waals surface area contributed by atoms with Crippen molar-refractivity contribution in [2.24, 2.45) is 0 Å². The number of halogens is 2. The highest BCUT2D eigenvalue weighted by molar-refractivity contribution is 6.14. The van der Waals surface area contributed by atoms with Crippen LogP contribution in [-0.2, 0) is 0 Å². The van der Waals surface area contributed by atoms with Gasteiger partial charge in [-0.2, -0.15) is 5.26 Å². The fourth-order valence-electron chi connectivity index (χ4n) is 1.86. The minimum atomic E-state index is -1.10. The van der Waals surface area contributed by atoms with Gasteiger partial charge in [0.25, 0.3) is 0 Å². The smallest absolute Gasteiger partial charge is 0.203 e. The summed E-state index contributed by atoms with van der Waals surface area (Å²) in [5.74, 6) is -2.28. The Morgan fingerprint density at radius 2 is 1.95 bits per heavy atom. The zero-order valence-corrected chi connectivity index (χ0v) is 11.6. The quantitative estimate of drug-likeness (QED) is 0.490. The molecule has 0 aliphatic rings. The lowest BCUT2D eigenvalue weighted by Gasteiger charge is -2.04. The SMILES string of the molecule is COc1cccc(C(=O)/C(C#N)=C\c2cccc(F)c2F)c1. The summed E-state index contributed by atoms with van der Waals surface area (Å²) in [6.45, 7) is 0. The van der Waals surface area contributed by atoms with Gasteiger partial charge >= 0.3 is 0 Å². The summed E-state index contributed by atoms with van der Waals surface area (Å²) in [6, 6.07) is 11.5. The largest absolute Gasteiger partial charge is 0.497 e. The third-order valence-electron chi connectivity index (χ3n) is 2.98. The Morgan fingerprint density at radius 1 is 1.23 bits per heavy atom. The molecule has 2 aromatic rings. The molecule has 0 N–H and O–H groups in total. The van der Waals surface area contributed by atoms with Crippen molar-refractivity contribution in [1.29, 1.82) is 5.26 Å². The Morgan fingerprint density at radius 3 is 2.64 bits per heavy atom. The minimum absolute atomic E-state index is 0.159. The first kappa shape index (κ1) is 15.4. The van der Waals surface area contributed by atoms with Gasteiger partial charge in [0.15, 0.2) is 11.6 Å². The van der Waals surface area contributed by atoms with E-state index in [4.69, 9.17) is 10.00 Å². The second kappa shape index (κ2) is 6.64. The number of hydrogen-bond acceptors (Lipinski definition) is 3. The van der Waals surface area contributed by atoms with E-state index in [-0.39, 0.29) is 16.7 Å². The number of hydrogen-bond donors (Lipinski definition) is 0. The monoisotopic (exact) mass is 299 g/mol. The third kappa shape index (κ3) is 3.18. The molecule has 0 saturated carbocycles. The maximum absolute atomic E-state index is 13.6. The Labute approximate surface area is 126 Å². The van der Waals surface area contributed by atoms with E-state index in [1.54, 1.807) is 18.2 Å². The van der Waals surface area contributed by atoms with E-state index in [0.29, 0.717) is 5.75 Å². The van der Waals surface area contributed by atoms with Gasteiger partial charge in [0.05, 0.1) is 7.11 Å². The van der Waals surface area contributed by atoms with Gasteiger partial charge in [-0.05, 0) is 24.3 Å². The van der Waals surface area contributed by atoms with E-state index in [2.05, 4.69) is 0 Å². The summed E-state index contributed by atoms with van der Waals surface area (Å²) in [6.07, 6.45) is 1.03. The topological polar surface area (TPSA) is 50.1 Å². The molecule has 3 nitrogen and oxygen atoms in total. The van der Waals surface area contributed by atoms with Gasteiger partial charge in [0, 0.05) is 11.1 Å². The van der Waals surface area contributed by atoms with E-state index in [1.165, 1.54) is 31.4 Å². The normalized spacial score (nSPS) is 10.9. The molecule has 2 rings (SSSR count). The number of carbonyl (C=O) groups is 1.